The lowest BCUT2D eigenvalue weighted by Crippen LogP contribution is -2.25. The predicted molar refractivity (Wildman–Crippen MR) is 73.0 cm³/mol. The minimum atomic E-state index is 0.174. The van der Waals surface area contributed by atoms with Crippen LogP contribution in [0.1, 0.15) is 12.2 Å². The van der Waals surface area contributed by atoms with Crippen LogP contribution in [0.25, 0.3) is 11.4 Å². The van der Waals surface area contributed by atoms with Gasteiger partial charge in [-0.2, -0.15) is 0 Å². The van der Waals surface area contributed by atoms with E-state index < -0.39 is 0 Å². The van der Waals surface area contributed by atoms with E-state index in [9.17, 15) is 5.11 Å². The Morgan fingerprint density at radius 2 is 2.26 bits per heavy atom. The van der Waals surface area contributed by atoms with Gasteiger partial charge in [0.2, 0.25) is 0 Å². The number of benzene rings is 1. The average molecular weight is 279 g/mol. The highest BCUT2D eigenvalue weighted by atomic mass is 35.5. The van der Waals surface area contributed by atoms with Crippen LogP contribution in [-0.2, 0) is 13.0 Å². The molecule has 0 radical (unpaired) electrons. The van der Waals surface area contributed by atoms with Crippen LogP contribution >= 0.6 is 11.6 Å². The maximum atomic E-state index is 9.59. The van der Waals surface area contributed by atoms with Crippen LogP contribution in [0.4, 0.5) is 0 Å². The third kappa shape index (κ3) is 2.19. The van der Waals surface area contributed by atoms with E-state index >= 15 is 0 Å². The van der Waals surface area contributed by atoms with Crippen LogP contribution in [0.5, 0.6) is 5.75 Å². The molecule has 1 aliphatic rings. The second kappa shape index (κ2) is 4.83. The number of aromatic nitrogens is 3. The molecule has 1 aliphatic heterocycles. The van der Waals surface area contributed by atoms with Crippen LogP contribution in [0.2, 0.25) is 5.02 Å². The summed E-state index contributed by atoms with van der Waals surface area (Å²) in [6.45, 7) is 1.51. The van der Waals surface area contributed by atoms with E-state index in [0.29, 0.717) is 28.9 Å². The minimum Gasteiger partial charge on any atom is -0.508 e. The van der Waals surface area contributed by atoms with Gasteiger partial charge >= 0.3 is 0 Å². The lowest BCUT2D eigenvalue weighted by molar-refractivity contribution is 0.391. The van der Waals surface area contributed by atoms with Crippen LogP contribution < -0.4 is 5.73 Å². The summed E-state index contributed by atoms with van der Waals surface area (Å²) in [6, 6.07) is 4.85. The van der Waals surface area contributed by atoms with Gasteiger partial charge in [0.1, 0.15) is 11.6 Å². The molecule has 1 unspecified atom stereocenters. The van der Waals surface area contributed by atoms with E-state index in [0.717, 1.165) is 25.2 Å². The Morgan fingerprint density at radius 1 is 1.42 bits per heavy atom. The number of halogens is 1. The fourth-order valence-electron chi connectivity index (χ4n) is 2.48. The van der Waals surface area contributed by atoms with Crippen LogP contribution in [0, 0.1) is 5.92 Å². The van der Waals surface area contributed by atoms with Gasteiger partial charge < -0.3 is 15.4 Å². The normalized spacial score (nSPS) is 18.3. The van der Waals surface area contributed by atoms with E-state index in [1.54, 1.807) is 18.2 Å². The monoisotopic (exact) mass is 278 g/mol. The highest BCUT2D eigenvalue weighted by Gasteiger charge is 2.23. The molecule has 3 rings (SSSR count). The Hall–Kier alpha value is -1.59. The maximum absolute atomic E-state index is 9.59. The van der Waals surface area contributed by atoms with E-state index in [1.807, 2.05) is 0 Å². The molecule has 0 saturated carbocycles. The van der Waals surface area contributed by atoms with E-state index in [2.05, 4.69) is 14.8 Å². The molecule has 3 N–H and O–H groups in total. The fraction of sp³-hybridized carbons (Fsp3) is 0.385. The van der Waals surface area contributed by atoms with E-state index in [4.69, 9.17) is 17.3 Å². The molecule has 0 saturated heterocycles. The molecular formula is C13H15ClN4O. The first-order chi connectivity index (χ1) is 9.19. The summed E-state index contributed by atoms with van der Waals surface area (Å²) >= 11 is 6.17. The number of fused-ring (bicyclic) bond motifs is 1. The summed E-state index contributed by atoms with van der Waals surface area (Å²) in [4.78, 5) is 0. The number of rotatable bonds is 2. The van der Waals surface area contributed by atoms with Gasteiger partial charge in [0, 0.05) is 18.5 Å². The van der Waals surface area contributed by atoms with Gasteiger partial charge in [-0.1, -0.05) is 11.6 Å². The molecule has 2 heterocycles. The summed E-state index contributed by atoms with van der Waals surface area (Å²) in [5.41, 5.74) is 6.43. The summed E-state index contributed by atoms with van der Waals surface area (Å²) < 4.78 is 2.06. The largest absolute Gasteiger partial charge is 0.508 e. The van der Waals surface area contributed by atoms with Gasteiger partial charge in [0.05, 0.1) is 5.02 Å². The van der Waals surface area contributed by atoms with Crippen LogP contribution in [0.3, 0.4) is 0 Å². The van der Waals surface area contributed by atoms with Crippen molar-refractivity contribution in [1.82, 2.24) is 14.8 Å². The SMILES string of the molecule is NCC1CCn2c(nnc2-c2cc(O)ccc2Cl)C1. The Labute approximate surface area is 116 Å². The van der Waals surface area contributed by atoms with Crippen molar-refractivity contribution < 1.29 is 5.11 Å². The molecular weight excluding hydrogens is 264 g/mol. The number of phenolic OH excluding ortho intramolecular Hbond substituents is 1. The molecule has 0 bridgehead atoms. The van der Waals surface area contributed by atoms with Gasteiger partial charge in [0.15, 0.2) is 5.82 Å². The Morgan fingerprint density at radius 3 is 3.05 bits per heavy atom. The van der Waals surface area contributed by atoms with Crippen molar-refractivity contribution in [3.63, 3.8) is 0 Å². The number of nitrogens with zero attached hydrogens (tertiary/aromatic N) is 3. The molecule has 100 valence electrons. The van der Waals surface area contributed by atoms with Gasteiger partial charge in [-0.25, -0.2) is 0 Å². The standard InChI is InChI=1S/C13H15ClN4O/c14-11-2-1-9(19)6-10(11)13-17-16-12-5-8(7-15)3-4-18(12)13/h1-2,6,8,19H,3-5,7,15H2. The van der Waals surface area contributed by atoms with Gasteiger partial charge in [-0.3, -0.25) is 0 Å². The predicted octanol–water partition coefficient (Wildman–Crippen LogP) is 1.83. The minimum absolute atomic E-state index is 0.174. The van der Waals surface area contributed by atoms with Gasteiger partial charge in [-0.15, -0.1) is 10.2 Å². The quantitative estimate of drug-likeness (QED) is 0.878. The third-order valence-electron chi connectivity index (χ3n) is 3.58. The Balaban J connectivity index is 2.03. The second-order valence-corrected chi connectivity index (χ2v) is 5.26. The molecule has 0 fully saturated rings. The Kier molecular flexibility index (Phi) is 3.16. The molecule has 6 heteroatoms. The van der Waals surface area contributed by atoms with E-state index in [1.165, 1.54) is 0 Å². The molecule has 0 amide bonds. The van der Waals surface area contributed by atoms with Crippen molar-refractivity contribution in [1.29, 1.82) is 0 Å². The van der Waals surface area contributed by atoms with Crippen molar-refractivity contribution in [2.45, 2.75) is 19.4 Å². The zero-order chi connectivity index (χ0) is 13.4. The molecule has 5 nitrogen and oxygen atoms in total. The van der Waals surface area contributed by atoms with Gasteiger partial charge in [-0.05, 0) is 37.1 Å². The maximum Gasteiger partial charge on any atom is 0.165 e. The average Bonchev–Trinajstić information content (AvgIpc) is 2.84. The molecule has 19 heavy (non-hydrogen) atoms. The van der Waals surface area contributed by atoms with E-state index in [-0.39, 0.29) is 5.75 Å². The number of phenols is 1. The van der Waals surface area contributed by atoms with Crippen molar-refractivity contribution in [2.24, 2.45) is 11.7 Å². The Bertz CT molecular complexity index is 611. The van der Waals surface area contributed by atoms with Crippen LogP contribution in [-0.4, -0.2) is 26.4 Å². The summed E-state index contributed by atoms with van der Waals surface area (Å²) in [6.07, 6.45) is 1.87. The van der Waals surface area contributed by atoms with Crippen LogP contribution in [0.15, 0.2) is 18.2 Å². The zero-order valence-corrected chi connectivity index (χ0v) is 11.1. The van der Waals surface area contributed by atoms with Crippen molar-refractivity contribution in [3.8, 4) is 17.1 Å². The zero-order valence-electron chi connectivity index (χ0n) is 10.4. The first-order valence-electron chi connectivity index (χ1n) is 6.30. The van der Waals surface area contributed by atoms with Crippen molar-refractivity contribution in [3.05, 3.63) is 29.0 Å². The highest BCUT2D eigenvalue weighted by Crippen LogP contribution is 2.32. The molecule has 2 aromatic rings. The molecule has 1 aromatic carbocycles. The lowest BCUT2D eigenvalue weighted by atomic mass is 9.98. The van der Waals surface area contributed by atoms with Crippen molar-refractivity contribution in [2.75, 3.05) is 6.54 Å². The first-order valence-corrected chi connectivity index (χ1v) is 6.68. The molecule has 1 aromatic heterocycles. The molecule has 1 atom stereocenters. The molecule has 0 aliphatic carbocycles. The van der Waals surface area contributed by atoms with Gasteiger partial charge in [0.25, 0.3) is 0 Å². The lowest BCUT2D eigenvalue weighted by Gasteiger charge is -2.22. The number of hydrogen-bond acceptors (Lipinski definition) is 4. The first kappa shape index (κ1) is 12.4. The number of nitrogens with two attached hydrogens (primary N) is 1. The number of aromatic hydroxyl groups is 1. The summed E-state index contributed by atoms with van der Waals surface area (Å²) in [5.74, 6) is 2.30. The second-order valence-electron chi connectivity index (χ2n) is 4.85. The number of hydrogen-bond donors (Lipinski definition) is 2. The third-order valence-corrected chi connectivity index (χ3v) is 3.91. The highest BCUT2D eigenvalue weighted by molar-refractivity contribution is 6.33. The van der Waals surface area contributed by atoms with Crippen molar-refractivity contribution >= 4 is 11.6 Å². The molecule has 0 spiro atoms. The summed E-state index contributed by atoms with van der Waals surface area (Å²) in [7, 11) is 0. The smallest absolute Gasteiger partial charge is 0.165 e. The summed E-state index contributed by atoms with van der Waals surface area (Å²) in [5, 5.41) is 18.6. The topological polar surface area (TPSA) is 77.0 Å². The fourth-order valence-corrected chi connectivity index (χ4v) is 2.68.